The predicted molar refractivity (Wildman–Crippen MR) is 307 cm³/mol. The van der Waals surface area contributed by atoms with Crippen LogP contribution in [0.5, 0.6) is 0 Å². The van der Waals surface area contributed by atoms with E-state index in [4.69, 9.17) is 23.7 Å². The molecule has 3 heterocycles. The molecule has 15 rings (SSSR count). The summed E-state index contributed by atoms with van der Waals surface area (Å²) in [6.07, 6.45) is 0. The van der Waals surface area contributed by atoms with Gasteiger partial charge in [0.15, 0.2) is 5.82 Å². The lowest BCUT2D eigenvalue weighted by Crippen LogP contribution is -2.61. The maximum Gasteiger partial charge on any atom is 0.252 e. The molecule has 0 N–H and O–H groups in total. The molecular formula is C69H49BN4. The Labute approximate surface area is 447 Å². The summed E-state index contributed by atoms with van der Waals surface area (Å²) in [7, 11) is 0. The standard InChI is InChI=1S/C69H49BN4/c1-68(2,3)47-39-64-66-65(40-47)74(49-28-14-7-15-29-49)63-42-57-53(41-59(63)70(66)58-34-20-21-35-62(58)73(64)48-26-12-6-13-27-48)51-31-17-19-33-55(51)69(57)54-32-18-16-30-50(54)52-37-36-46(38-56(52)69)61-43-60(44-22-8-4-9-23-44)71-67(72-61)45-24-10-5-11-25-45/h4-43H,1-3H3/i4D,5D,8D,9D,10D,11D,22D,23D,24D,25D. The molecule has 1 spiro atoms. The van der Waals surface area contributed by atoms with Crippen molar-refractivity contribution < 1.29 is 13.7 Å². The first kappa shape index (κ1) is 33.6. The number of para-hydroxylation sites is 3. The number of hydrogen-bond acceptors (Lipinski definition) is 4. The highest BCUT2D eigenvalue weighted by atomic mass is 15.2. The molecule has 1 atom stereocenters. The Morgan fingerprint density at radius 2 is 0.946 bits per heavy atom. The Morgan fingerprint density at radius 1 is 0.419 bits per heavy atom. The van der Waals surface area contributed by atoms with Gasteiger partial charge in [0.1, 0.15) is 0 Å². The maximum absolute atomic E-state index is 9.06. The summed E-state index contributed by atoms with van der Waals surface area (Å²) in [6, 6.07) is 59.1. The number of nitrogens with zero attached hydrogens (tertiary/aromatic N) is 4. The van der Waals surface area contributed by atoms with Crippen LogP contribution >= 0.6 is 0 Å². The fourth-order valence-corrected chi connectivity index (χ4v) is 12.5. The van der Waals surface area contributed by atoms with Crippen molar-refractivity contribution in [3.63, 3.8) is 0 Å². The first-order valence-corrected chi connectivity index (χ1v) is 25.0. The molecule has 2 aliphatic carbocycles. The van der Waals surface area contributed by atoms with Gasteiger partial charge >= 0.3 is 0 Å². The largest absolute Gasteiger partial charge is 0.311 e. The number of fused-ring (bicyclic) bond motifs is 14. The normalized spacial score (nSPS) is 17.1. The second kappa shape index (κ2) is 16.0. The van der Waals surface area contributed by atoms with E-state index in [2.05, 4.69) is 200 Å². The fraction of sp³-hybridized carbons (Fsp3) is 0.0725. The predicted octanol–water partition coefficient (Wildman–Crippen LogP) is 15.2. The van der Waals surface area contributed by atoms with Gasteiger partial charge in [-0.3, -0.25) is 0 Å². The molecule has 1 aromatic heterocycles. The van der Waals surface area contributed by atoms with E-state index in [-0.39, 0.29) is 40.5 Å². The summed E-state index contributed by atoms with van der Waals surface area (Å²) in [5, 5.41) is 0. The van der Waals surface area contributed by atoms with Crippen molar-refractivity contribution in [2.75, 3.05) is 9.80 Å². The molecule has 10 aromatic carbocycles. The second-order valence-electron chi connectivity index (χ2n) is 20.5. The Balaban J connectivity index is 1.02. The molecule has 74 heavy (non-hydrogen) atoms. The smallest absolute Gasteiger partial charge is 0.252 e. The molecule has 0 saturated heterocycles. The van der Waals surface area contributed by atoms with E-state index in [0.717, 1.165) is 78.6 Å². The first-order chi connectivity index (χ1) is 40.5. The molecule has 0 amide bonds. The van der Waals surface area contributed by atoms with Crippen molar-refractivity contribution in [3.8, 4) is 56.2 Å². The minimum Gasteiger partial charge on any atom is -0.311 e. The number of hydrogen-bond donors (Lipinski definition) is 0. The number of rotatable bonds is 5. The summed E-state index contributed by atoms with van der Waals surface area (Å²) >= 11 is 0. The van der Waals surface area contributed by atoms with Gasteiger partial charge in [0.25, 0.3) is 6.71 Å². The lowest BCUT2D eigenvalue weighted by Gasteiger charge is -2.45. The molecule has 0 saturated carbocycles. The number of aromatic nitrogens is 2. The average Bonchev–Trinajstić information content (AvgIpc) is 1.45. The van der Waals surface area contributed by atoms with Crippen molar-refractivity contribution in [3.05, 3.63) is 270 Å². The van der Waals surface area contributed by atoms with E-state index < -0.39 is 65.8 Å². The van der Waals surface area contributed by atoms with Crippen LogP contribution in [0, 0.1) is 0 Å². The molecular weight excluding hydrogens is 896 g/mol. The third-order valence-corrected chi connectivity index (χ3v) is 15.6. The van der Waals surface area contributed by atoms with Crippen LogP contribution in [0.4, 0.5) is 34.1 Å². The van der Waals surface area contributed by atoms with E-state index >= 15 is 0 Å². The van der Waals surface area contributed by atoms with Crippen LogP contribution in [-0.4, -0.2) is 16.7 Å². The van der Waals surface area contributed by atoms with Gasteiger partial charge in [-0.1, -0.05) is 203 Å². The van der Waals surface area contributed by atoms with Crippen LogP contribution in [0.15, 0.2) is 242 Å². The summed E-state index contributed by atoms with van der Waals surface area (Å²) in [5.74, 6) is -0.261. The number of benzene rings is 10. The lowest BCUT2D eigenvalue weighted by atomic mass is 9.33. The van der Waals surface area contributed by atoms with Crippen LogP contribution in [0.1, 0.15) is 62.3 Å². The fourth-order valence-electron chi connectivity index (χ4n) is 12.5. The average molecular weight is 955 g/mol. The van der Waals surface area contributed by atoms with Crippen LogP contribution in [-0.2, 0) is 10.8 Å². The van der Waals surface area contributed by atoms with Gasteiger partial charge < -0.3 is 9.80 Å². The quantitative estimate of drug-likeness (QED) is 0.161. The number of anilines is 6. The van der Waals surface area contributed by atoms with Crippen LogP contribution in [0.25, 0.3) is 56.2 Å². The van der Waals surface area contributed by atoms with Gasteiger partial charge in [0, 0.05) is 50.8 Å². The van der Waals surface area contributed by atoms with E-state index in [9.17, 15) is 0 Å². The van der Waals surface area contributed by atoms with Gasteiger partial charge in [-0.25, -0.2) is 9.97 Å². The zero-order chi connectivity index (χ0) is 58.0. The van der Waals surface area contributed by atoms with Gasteiger partial charge in [-0.2, -0.15) is 0 Å². The molecule has 0 radical (unpaired) electrons. The maximum atomic E-state index is 9.06. The van der Waals surface area contributed by atoms with E-state index in [1.54, 1.807) is 6.07 Å². The monoisotopic (exact) mass is 954 g/mol. The van der Waals surface area contributed by atoms with E-state index in [0.29, 0.717) is 5.56 Å². The van der Waals surface area contributed by atoms with Crippen LogP contribution < -0.4 is 26.2 Å². The minimum atomic E-state index is -0.920. The zero-order valence-electron chi connectivity index (χ0n) is 50.7. The second-order valence-corrected chi connectivity index (χ2v) is 20.5. The highest BCUT2D eigenvalue weighted by Gasteiger charge is 2.54. The van der Waals surface area contributed by atoms with Gasteiger partial charge in [-0.05, 0) is 133 Å². The molecule has 11 aromatic rings. The van der Waals surface area contributed by atoms with Crippen molar-refractivity contribution in [2.24, 2.45) is 0 Å². The summed E-state index contributed by atoms with van der Waals surface area (Å²) in [4.78, 5) is 14.6. The molecule has 0 fully saturated rings. The summed E-state index contributed by atoms with van der Waals surface area (Å²) in [5.41, 5.74) is 18.8. The molecule has 348 valence electrons. The van der Waals surface area contributed by atoms with Crippen LogP contribution in [0.3, 0.4) is 0 Å². The molecule has 4 aliphatic rings. The van der Waals surface area contributed by atoms with Gasteiger partial charge in [0.2, 0.25) is 0 Å². The van der Waals surface area contributed by atoms with Crippen molar-refractivity contribution in [1.82, 2.24) is 9.97 Å². The minimum absolute atomic E-state index is 0.0734. The van der Waals surface area contributed by atoms with E-state index in [1.807, 2.05) is 6.07 Å². The third kappa shape index (κ3) is 6.10. The lowest BCUT2D eigenvalue weighted by molar-refractivity contribution is 0.590. The Morgan fingerprint density at radius 3 is 1.59 bits per heavy atom. The van der Waals surface area contributed by atoms with Gasteiger partial charge in [0.05, 0.1) is 30.5 Å². The Kier molecular flexibility index (Phi) is 7.25. The van der Waals surface area contributed by atoms with Crippen LogP contribution in [0.2, 0.25) is 0 Å². The third-order valence-electron chi connectivity index (χ3n) is 15.6. The highest BCUT2D eigenvalue weighted by Crippen LogP contribution is 2.64. The topological polar surface area (TPSA) is 32.3 Å². The van der Waals surface area contributed by atoms with Gasteiger partial charge in [-0.15, -0.1) is 0 Å². The Bertz CT molecular complexity index is 4560. The SMILES string of the molecule is [2H]c1c([2H])c([2H])c(-c2cc(-c3ccc4c(c3)C3(c5ccccc5-4)c4ccccc4-c4cc5c(cc43)N(c3ccccc3)c3cc(C(C)(C)C)cc4c3B5c3ccccc3N4c3ccccc3)nc(-c3c([2H])c([2H])c([2H])c([2H])c3[2H])n2)c([2H])c1[2H]. The summed E-state index contributed by atoms with van der Waals surface area (Å²) < 4.78 is 87.5. The van der Waals surface area contributed by atoms with Crippen molar-refractivity contribution >= 4 is 57.2 Å². The molecule has 4 nitrogen and oxygen atoms in total. The first-order valence-electron chi connectivity index (χ1n) is 30.0. The highest BCUT2D eigenvalue weighted by molar-refractivity contribution is 7.00. The Hall–Kier alpha value is -9.06. The molecule has 2 aliphatic heterocycles. The van der Waals surface area contributed by atoms with Crippen molar-refractivity contribution in [2.45, 2.75) is 31.6 Å². The van der Waals surface area contributed by atoms with E-state index in [1.165, 1.54) is 22.0 Å². The molecule has 1 unspecified atom stereocenters. The zero-order valence-corrected chi connectivity index (χ0v) is 40.7. The molecule has 0 bridgehead atoms. The summed E-state index contributed by atoms with van der Waals surface area (Å²) in [6.45, 7) is 6.67. The van der Waals surface area contributed by atoms with Crippen molar-refractivity contribution in [1.29, 1.82) is 0 Å². The molecule has 5 heteroatoms.